The monoisotopic (exact) mass is 303 g/mol. The third-order valence-corrected chi connectivity index (χ3v) is 4.54. The van der Waals surface area contributed by atoms with Crippen LogP contribution in [0.5, 0.6) is 0 Å². The van der Waals surface area contributed by atoms with Crippen molar-refractivity contribution in [1.29, 1.82) is 0 Å². The number of benzene rings is 2. The zero-order valence-electron chi connectivity index (χ0n) is 12.3. The minimum absolute atomic E-state index is 0.0955. The summed E-state index contributed by atoms with van der Waals surface area (Å²) in [4.78, 5) is 0. The molecule has 1 N–H and O–H groups in total. The van der Waals surface area contributed by atoms with E-state index >= 15 is 0 Å². The second-order valence-electron chi connectivity index (χ2n) is 6.41. The maximum Gasteiger partial charge on any atom is 0.127 e. The molecule has 1 aliphatic rings. The van der Waals surface area contributed by atoms with E-state index in [1.165, 1.54) is 17.2 Å². The minimum atomic E-state index is -0.160. The second kappa shape index (κ2) is 5.43. The van der Waals surface area contributed by atoms with Crippen molar-refractivity contribution in [1.82, 2.24) is 5.32 Å². The van der Waals surface area contributed by atoms with E-state index in [0.717, 1.165) is 11.4 Å². The van der Waals surface area contributed by atoms with Crippen LogP contribution >= 0.6 is 11.6 Å². The predicted octanol–water partition coefficient (Wildman–Crippen LogP) is 4.89. The summed E-state index contributed by atoms with van der Waals surface area (Å²) in [5.74, 6) is -0.160. The highest BCUT2D eigenvalue weighted by Crippen LogP contribution is 2.46. The lowest BCUT2D eigenvalue weighted by atomic mass is 9.85. The summed E-state index contributed by atoms with van der Waals surface area (Å²) in [5.41, 5.74) is 3.36. The third kappa shape index (κ3) is 2.83. The van der Waals surface area contributed by atoms with Crippen LogP contribution in [-0.2, 0) is 13.0 Å². The molecule has 2 aromatic rings. The molecule has 0 saturated heterocycles. The Bertz CT molecular complexity index is 666. The minimum Gasteiger partial charge on any atom is -0.305 e. The van der Waals surface area contributed by atoms with Gasteiger partial charge in [-0.2, -0.15) is 0 Å². The molecule has 0 amide bonds. The van der Waals surface area contributed by atoms with Gasteiger partial charge in [0.15, 0.2) is 0 Å². The molecule has 1 nitrogen and oxygen atoms in total. The fourth-order valence-electron chi connectivity index (χ4n) is 3.25. The fraction of sp³-hybridized carbons (Fsp3) is 0.333. The molecule has 110 valence electrons. The molecule has 0 saturated carbocycles. The highest BCUT2D eigenvalue weighted by molar-refractivity contribution is 6.30. The van der Waals surface area contributed by atoms with E-state index in [0.29, 0.717) is 12.1 Å². The first kappa shape index (κ1) is 14.6. The molecule has 0 heterocycles. The van der Waals surface area contributed by atoms with Crippen LogP contribution in [0.15, 0.2) is 42.5 Å². The smallest absolute Gasteiger partial charge is 0.127 e. The van der Waals surface area contributed by atoms with E-state index in [-0.39, 0.29) is 17.3 Å². The molecule has 21 heavy (non-hydrogen) atoms. The van der Waals surface area contributed by atoms with Crippen molar-refractivity contribution in [3.8, 4) is 0 Å². The van der Waals surface area contributed by atoms with Crippen molar-refractivity contribution in [3.63, 3.8) is 0 Å². The van der Waals surface area contributed by atoms with Gasteiger partial charge in [-0.1, -0.05) is 49.7 Å². The van der Waals surface area contributed by atoms with E-state index in [2.05, 4.69) is 25.2 Å². The number of hydrogen-bond acceptors (Lipinski definition) is 1. The van der Waals surface area contributed by atoms with Gasteiger partial charge in [0.2, 0.25) is 0 Å². The topological polar surface area (TPSA) is 12.0 Å². The summed E-state index contributed by atoms with van der Waals surface area (Å²) in [6.07, 6.45) is 1.01. The van der Waals surface area contributed by atoms with E-state index in [1.54, 1.807) is 6.07 Å². The van der Waals surface area contributed by atoms with Crippen LogP contribution in [0.25, 0.3) is 0 Å². The van der Waals surface area contributed by atoms with E-state index in [9.17, 15) is 4.39 Å². The Morgan fingerprint density at radius 3 is 2.76 bits per heavy atom. The SMILES string of the molecule is CC1(C)Cc2ccc(Cl)cc2C1NCc1ccccc1F. The van der Waals surface area contributed by atoms with Crippen molar-refractivity contribution < 1.29 is 4.39 Å². The van der Waals surface area contributed by atoms with E-state index in [1.807, 2.05) is 24.3 Å². The Labute approximate surface area is 130 Å². The van der Waals surface area contributed by atoms with Crippen LogP contribution in [0.1, 0.15) is 36.6 Å². The number of nitrogens with one attached hydrogen (secondary N) is 1. The zero-order valence-corrected chi connectivity index (χ0v) is 13.0. The van der Waals surface area contributed by atoms with Crippen molar-refractivity contribution in [2.24, 2.45) is 5.41 Å². The summed E-state index contributed by atoms with van der Waals surface area (Å²) >= 11 is 6.14. The van der Waals surface area contributed by atoms with Gasteiger partial charge in [0.05, 0.1) is 0 Å². The molecule has 2 aromatic carbocycles. The molecule has 0 bridgehead atoms. The summed E-state index contributed by atoms with van der Waals surface area (Å²) in [5, 5.41) is 4.27. The molecule has 0 fully saturated rings. The van der Waals surface area contributed by atoms with Crippen LogP contribution in [0.2, 0.25) is 5.02 Å². The first-order valence-corrected chi connectivity index (χ1v) is 7.60. The molecular formula is C18H19ClFN. The second-order valence-corrected chi connectivity index (χ2v) is 6.85. The van der Waals surface area contributed by atoms with Gasteiger partial charge in [0.1, 0.15) is 5.82 Å². The molecular weight excluding hydrogens is 285 g/mol. The van der Waals surface area contributed by atoms with Crippen LogP contribution in [0, 0.1) is 11.2 Å². The van der Waals surface area contributed by atoms with Crippen molar-refractivity contribution in [3.05, 3.63) is 70.0 Å². The van der Waals surface area contributed by atoms with Gasteiger partial charge >= 0.3 is 0 Å². The summed E-state index contributed by atoms with van der Waals surface area (Å²) in [6.45, 7) is 4.99. The van der Waals surface area contributed by atoms with E-state index in [4.69, 9.17) is 11.6 Å². The highest BCUT2D eigenvalue weighted by Gasteiger charge is 2.38. The quantitative estimate of drug-likeness (QED) is 0.851. The Morgan fingerprint density at radius 1 is 1.24 bits per heavy atom. The predicted molar refractivity (Wildman–Crippen MR) is 84.9 cm³/mol. The van der Waals surface area contributed by atoms with Gasteiger partial charge in [-0.05, 0) is 41.2 Å². The maximum atomic E-state index is 13.8. The van der Waals surface area contributed by atoms with Gasteiger partial charge in [0.25, 0.3) is 0 Å². The first-order chi connectivity index (χ1) is 9.97. The lowest BCUT2D eigenvalue weighted by molar-refractivity contribution is 0.267. The standard InChI is InChI=1S/C18H19ClFN/c1-18(2)10-12-7-8-14(19)9-15(12)17(18)21-11-13-5-3-4-6-16(13)20/h3-9,17,21H,10-11H2,1-2H3. The van der Waals surface area contributed by atoms with Gasteiger partial charge in [-0.3, -0.25) is 0 Å². The number of rotatable bonds is 3. The maximum absolute atomic E-state index is 13.8. The largest absolute Gasteiger partial charge is 0.305 e. The molecule has 0 aliphatic heterocycles. The third-order valence-electron chi connectivity index (χ3n) is 4.30. The van der Waals surface area contributed by atoms with Gasteiger partial charge in [0, 0.05) is 23.2 Å². The molecule has 1 atom stereocenters. The Kier molecular flexibility index (Phi) is 3.76. The molecule has 1 aliphatic carbocycles. The van der Waals surface area contributed by atoms with Crippen LogP contribution < -0.4 is 5.32 Å². The van der Waals surface area contributed by atoms with Crippen LogP contribution in [0.4, 0.5) is 4.39 Å². The van der Waals surface area contributed by atoms with Crippen molar-refractivity contribution in [2.75, 3.05) is 0 Å². The first-order valence-electron chi connectivity index (χ1n) is 7.22. The average Bonchev–Trinajstić information content (AvgIpc) is 2.68. The Balaban J connectivity index is 1.85. The molecule has 0 radical (unpaired) electrons. The molecule has 3 rings (SSSR count). The average molecular weight is 304 g/mol. The summed E-state index contributed by atoms with van der Waals surface area (Å²) < 4.78 is 13.8. The van der Waals surface area contributed by atoms with Crippen molar-refractivity contribution in [2.45, 2.75) is 32.9 Å². The van der Waals surface area contributed by atoms with Gasteiger partial charge in [-0.15, -0.1) is 0 Å². The Morgan fingerprint density at radius 2 is 2.00 bits per heavy atom. The molecule has 0 spiro atoms. The summed E-state index contributed by atoms with van der Waals surface area (Å²) in [6, 6.07) is 13.2. The van der Waals surface area contributed by atoms with Gasteiger partial charge < -0.3 is 5.32 Å². The van der Waals surface area contributed by atoms with Gasteiger partial charge in [-0.25, -0.2) is 4.39 Å². The van der Waals surface area contributed by atoms with Crippen LogP contribution in [-0.4, -0.2) is 0 Å². The highest BCUT2D eigenvalue weighted by atomic mass is 35.5. The zero-order chi connectivity index (χ0) is 15.0. The normalized spacial score (nSPS) is 19.5. The lowest BCUT2D eigenvalue weighted by Crippen LogP contribution is -2.31. The number of fused-ring (bicyclic) bond motifs is 1. The molecule has 1 unspecified atom stereocenters. The fourth-order valence-corrected chi connectivity index (χ4v) is 3.43. The molecule has 3 heteroatoms. The van der Waals surface area contributed by atoms with Crippen LogP contribution in [0.3, 0.4) is 0 Å². The van der Waals surface area contributed by atoms with E-state index < -0.39 is 0 Å². The van der Waals surface area contributed by atoms with Crippen molar-refractivity contribution >= 4 is 11.6 Å². The lowest BCUT2D eigenvalue weighted by Gasteiger charge is -2.29. The summed E-state index contributed by atoms with van der Waals surface area (Å²) in [7, 11) is 0. The number of halogens is 2. The Hall–Kier alpha value is -1.38. The number of hydrogen-bond donors (Lipinski definition) is 1. The molecule has 0 aromatic heterocycles.